The first kappa shape index (κ1) is 15.4. The normalized spacial score (nSPS) is 12.2. The van der Waals surface area contributed by atoms with Crippen LogP contribution in [0.15, 0.2) is 18.2 Å². The van der Waals surface area contributed by atoms with E-state index in [-0.39, 0.29) is 23.9 Å². The Morgan fingerprint density at radius 1 is 1.53 bits per heavy atom. The lowest BCUT2D eigenvalue weighted by molar-refractivity contribution is -0.137. The molecule has 0 saturated carbocycles. The van der Waals surface area contributed by atoms with Crippen LogP contribution in [0.3, 0.4) is 0 Å². The van der Waals surface area contributed by atoms with Crippen LogP contribution in [0.4, 0.5) is 4.39 Å². The number of carbonyl (C=O) groups is 1. The Bertz CT molecular complexity index is 423. The molecule has 0 aromatic heterocycles. The van der Waals surface area contributed by atoms with Crippen molar-refractivity contribution in [1.82, 2.24) is 5.32 Å². The highest BCUT2D eigenvalue weighted by molar-refractivity contribution is 5.66. The number of halogens is 1. The van der Waals surface area contributed by atoms with Gasteiger partial charge in [-0.25, -0.2) is 4.39 Å². The molecule has 0 saturated heterocycles. The van der Waals surface area contributed by atoms with Crippen LogP contribution in [-0.4, -0.2) is 24.2 Å². The molecule has 2 N–H and O–H groups in total. The van der Waals surface area contributed by atoms with Gasteiger partial charge in [-0.05, 0) is 37.1 Å². The van der Waals surface area contributed by atoms with Gasteiger partial charge >= 0.3 is 5.97 Å². The van der Waals surface area contributed by atoms with Crippen molar-refractivity contribution in [1.29, 1.82) is 0 Å². The molecule has 0 aliphatic heterocycles. The van der Waals surface area contributed by atoms with E-state index >= 15 is 0 Å². The molecule has 0 aliphatic rings. The van der Waals surface area contributed by atoms with Crippen molar-refractivity contribution in [2.45, 2.75) is 26.8 Å². The predicted molar refractivity (Wildman–Crippen MR) is 70.7 cm³/mol. The van der Waals surface area contributed by atoms with Crippen LogP contribution in [0.2, 0.25) is 0 Å². The van der Waals surface area contributed by atoms with Crippen molar-refractivity contribution >= 4 is 5.97 Å². The number of rotatable bonds is 8. The molecule has 1 rings (SSSR count). The third-order valence-electron chi connectivity index (χ3n) is 2.64. The zero-order chi connectivity index (χ0) is 14.3. The van der Waals surface area contributed by atoms with E-state index in [1.54, 1.807) is 19.1 Å². The van der Waals surface area contributed by atoms with Gasteiger partial charge in [-0.1, -0.05) is 13.0 Å². The number of nitrogens with one attached hydrogen (secondary N) is 1. The largest absolute Gasteiger partial charge is 0.491 e. The summed E-state index contributed by atoms with van der Waals surface area (Å²) in [6.07, 6.45) is 0.130. The fraction of sp³-hybridized carbons (Fsp3) is 0.500. The second-order valence-corrected chi connectivity index (χ2v) is 4.53. The van der Waals surface area contributed by atoms with E-state index in [9.17, 15) is 9.18 Å². The third kappa shape index (κ3) is 5.70. The van der Waals surface area contributed by atoms with E-state index in [1.807, 2.05) is 6.92 Å². The van der Waals surface area contributed by atoms with Crippen molar-refractivity contribution in [3.05, 3.63) is 29.6 Å². The monoisotopic (exact) mass is 269 g/mol. The van der Waals surface area contributed by atoms with Crippen molar-refractivity contribution in [2.75, 3.05) is 13.2 Å². The Kier molecular flexibility index (Phi) is 6.29. The zero-order valence-corrected chi connectivity index (χ0v) is 11.3. The Labute approximate surface area is 112 Å². The lowest BCUT2D eigenvalue weighted by Crippen LogP contribution is -2.22. The molecule has 4 nitrogen and oxygen atoms in total. The molecule has 1 aromatic rings. The predicted octanol–water partition coefficient (Wildman–Crippen LogP) is 2.42. The van der Waals surface area contributed by atoms with Gasteiger partial charge < -0.3 is 15.2 Å². The van der Waals surface area contributed by atoms with Crippen LogP contribution in [-0.2, 0) is 11.3 Å². The topological polar surface area (TPSA) is 58.6 Å². The fourth-order valence-electron chi connectivity index (χ4n) is 1.76. The molecule has 1 atom stereocenters. The quantitative estimate of drug-likeness (QED) is 0.761. The van der Waals surface area contributed by atoms with Crippen molar-refractivity contribution < 1.29 is 19.0 Å². The zero-order valence-electron chi connectivity index (χ0n) is 11.3. The van der Waals surface area contributed by atoms with E-state index in [4.69, 9.17) is 9.84 Å². The lowest BCUT2D eigenvalue weighted by atomic mass is 10.1. The number of hydrogen-bond acceptors (Lipinski definition) is 3. The lowest BCUT2D eigenvalue weighted by Gasteiger charge is -2.11. The maximum Gasteiger partial charge on any atom is 0.303 e. The molecule has 0 aliphatic carbocycles. The van der Waals surface area contributed by atoms with Crippen LogP contribution < -0.4 is 10.1 Å². The highest BCUT2D eigenvalue weighted by atomic mass is 19.1. The number of carboxylic acid groups (broad SMARTS) is 1. The second kappa shape index (κ2) is 7.74. The van der Waals surface area contributed by atoms with Gasteiger partial charge in [0.1, 0.15) is 0 Å². The summed E-state index contributed by atoms with van der Waals surface area (Å²) in [5, 5.41) is 11.7. The molecule has 0 radical (unpaired) electrons. The van der Waals surface area contributed by atoms with Crippen LogP contribution in [0, 0.1) is 11.7 Å². The molecule has 0 bridgehead atoms. The standard InChI is InChI=1S/C14H20FNO3/c1-3-19-13-5-4-11(7-12(13)15)9-16-8-10(2)6-14(17)18/h4-5,7,10,16H,3,6,8-9H2,1-2H3,(H,17,18). The van der Waals surface area contributed by atoms with Crippen LogP contribution >= 0.6 is 0 Å². The maximum absolute atomic E-state index is 13.6. The first-order valence-electron chi connectivity index (χ1n) is 6.36. The molecular weight excluding hydrogens is 249 g/mol. The summed E-state index contributed by atoms with van der Waals surface area (Å²) in [5.74, 6) is -0.878. The van der Waals surface area contributed by atoms with Crippen LogP contribution in [0.1, 0.15) is 25.8 Å². The van der Waals surface area contributed by atoms with Gasteiger partial charge in [-0.3, -0.25) is 4.79 Å². The summed E-state index contributed by atoms with van der Waals surface area (Å²) in [5.41, 5.74) is 0.809. The van der Waals surface area contributed by atoms with Gasteiger partial charge in [0.05, 0.1) is 6.61 Å². The van der Waals surface area contributed by atoms with E-state index in [1.165, 1.54) is 6.07 Å². The van der Waals surface area contributed by atoms with E-state index < -0.39 is 5.97 Å². The minimum atomic E-state index is -0.804. The van der Waals surface area contributed by atoms with Crippen LogP contribution in [0.25, 0.3) is 0 Å². The smallest absolute Gasteiger partial charge is 0.303 e. The second-order valence-electron chi connectivity index (χ2n) is 4.53. The summed E-state index contributed by atoms with van der Waals surface area (Å²) in [6, 6.07) is 4.83. The number of aliphatic carboxylic acids is 1. The van der Waals surface area contributed by atoms with Crippen molar-refractivity contribution in [3.63, 3.8) is 0 Å². The number of benzene rings is 1. The molecular formula is C14H20FNO3. The fourth-order valence-corrected chi connectivity index (χ4v) is 1.76. The Hall–Kier alpha value is -1.62. The molecule has 0 heterocycles. The highest BCUT2D eigenvalue weighted by Crippen LogP contribution is 2.18. The Morgan fingerprint density at radius 3 is 2.84 bits per heavy atom. The van der Waals surface area contributed by atoms with Gasteiger partial charge in [0.15, 0.2) is 11.6 Å². The minimum absolute atomic E-state index is 0.0463. The van der Waals surface area contributed by atoms with E-state index in [0.717, 1.165) is 5.56 Å². The molecule has 0 amide bonds. The average molecular weight is 269 g/mol. The van der Waals surface area contributed by atoms with Gasteiger partial charge in [0, 0.05) is 13.0 Å². The molecule has 106 valence electrons. The molecule has 1 aromatic carbocycles. The van der Waals surface area contributed by atoms with E-state index in [0.29, 0.717) is 19.7 Å². The molecule has 0 spiro atoms. The van der Waals surface area contributed by atoms with Crippen LogP contribution in [0.5, 0.6) is 5.75 Å². The van der Waals surface area contributed by atoms with Gasteiger partial charge in [0.2, 0.25) is 0 Å². The summed E-state index contributed by atoms with van der Waals surface area (Å²) >= 11 is 0. The summed E-state index contributed by atoms with van der Waals surface area (Å²) in [6.45, 7) is 5.19. The van der Waals surface area contributed by atoms with Gasteiger partial charge in [-0.15, -0.1) is 0 Å². The molecule has 5 heteroatoms. The first-order valence-corrected chi connectivity index (χ1v) is 6.36. The maximum atomic E-state index is 13.6. The number of ether oxygens (including phenoxy) is 1. The number of carboxylic acids is 1. The summed E-state index contributed by atoms with van der Waals surface area (Å²) in [7, 11) is 0. The highest BCUT2D eigenvalue weighted by Gasteiger charge is 2.08. The van der Waals surface area contributed by atoms with Crippen molar-refractivity contribution in [2.24, 2.45) is 5.92 Å². The third-order valence-corrected chi connectivity index (χ3v) is 2.64. The summed E-state index contributed by atoms with van der Waals surface area (Å²) < 4.78 is 18.7. The van der Waals surface area contributed by atoms with Gasteiger partial charge in [0.25, 0.3) is 0 Å². The van der Waals surface area contributed by atoms with E-state index in [2.05, 4.69) is 5.32 Å². The molecule has 0 fully saturated rings. The van der Waals surface area contributed by atoms with Crippen molar-refractivity contribution in [3.8, 4) is 5.75 Å². The Morgan fingerprint density at radius 2 is 2.26 bits per heavy atom. The molecule has 1 unspecified atom stereocenters. The Balaban J connectivity index is 2.41. The summed E-state index contributed by atoms with van der Waals surface area (Å²) in [4.78, 5) is 10.5. The van der Waals surface area contributed by atoms with Gasteiger partial charge in [-0.2, -0.15) is 0 Å². The SMILES string of the molecule is CCOc1ccc(CNCC(C)CC(=O)O)cc1F. The molecule has 19 heavy (non-hydrogen) atoms. The minimum Gasteiger partial charge on any atom is -0.491 e. The average Bonchev–Trinajstić information content (AvgIpc) is 2.32. The first-order chi connectivity index (χ1) is 9.02. The number of hydrogen-bond donors (Lipinski definition) is 2.